The van der Waals surface area contributed by atoms with Crippen molar-refractivity contribution in [3.8, 4) is 0 Å². The molecule has 0 radical (unpaired) electrons. The van der Waals surface area contributed by atoms with Crippen LogP contribution in [0.4, 0.5) is 23.3 Å². The van der Waals surface area contributed by atoms with Gasteiger partial charge < -0.3 is 54.3 Å². The fourth-order valence-corrected chi connectivity index (χ4v) is 13.0. The van der Waals surface area contributed by atoms with Crippen LogP contribution in [0, 0.1) is 23.7 Å². The second kappa shape index (κ2) is 56.0. The van der Waals surface area contributed by atoms with Gasteiger partial charge in [-0.05, 0) is 69.2 Å². The van der Waals surface area contributed by atoms with Crippen LogP contribution < -0.4 is 29.6 Å². The first kappa shape index (κ1) is 108. The number of esters is 2. The van der Waals surface area contributed by atoms with Gasteiger partial charge in [0.05, 0.1) is 126 Å². The van der Waals surface area contributed by atoms with E-state index in [0.717, 1.165) is 50.5 Å². The van der Waals surface area contributed by atoms with Crippen LogP contribution in [0.25, 0.3) is 0 Å². The summed E-state index contributed by atoms with van der Waals surface area (Å²) in [5.41, 5.74) is 3.92. The molecule has 35 heteroatoms. The number of carbonyl (C=O) groups excluding carboxylic acids is 10. The Bertz CT molecular complexity index is 4470. The van der Waals surface area contributed by atoms with Crippen molar-refractivity contribution in [1.29, 1.82) is 0 Å². The van der Waals surface area contributed by atoms with Crippen molar-refractivity contribution in [2.45, 2.75) is 249 Å². The summed E-state index contributed by atoms with van der Waals surface area (Å²) < 4.78 is 57.2. The van der Waals surface area contributed by atoms with E-state index in [1.807, 2.05) is 82.2 Å². The summed E-state index contributed by atoms with van der Waals surface area (Å²) in [6.07, 6.45) is 9.00. The van der Waals surface area contributed by atoms with E-state index in [1.165, 1.54) is 23.5 Å². The number of hydrogen-bond acceptors (Lipinski definition) is 29. The van der Waals surface area contributed by atoms with Crippen LogP contribution in [0.15, 0.2) is 106 Å². The van der Waals surface area contributed by atoms with Gasteiger partial charge in [-0.15, -0.1) is 0 Å². The van der Waals surface area contributed by atoms with Crippen LogP contribution in [0.1, 0.15) is 289 Å². The SMILES string of the molecule is CCC(CC)O[C@H](CO)n1cnc2c1N=C(CC(=O)C(C)C)CC2=O.CCC(CC)O[C@H](COC(=O)c1ccccc1)n1cnc2c1N=C(CC(=O)C(C)C)CC2=O.CCC(CC)O[C@H](COCCOC)n1cnc2c1N=C(CC(=O)C(C)C)CC2=O.CC[C@H](CO)O[C@H](COC(=O)c1ccccc1)n1cnc2c1N=C(CC(=O)C(C)C)CC2=O.COCCBr.[H-].[Na+]. The molecule has 0 amide bonds. The number of carbonyl (C=O) groups is 10. The van der Waals surface area contributed by atoms with Crippen LogP contribution in [0.2, 0.25) is 0 Å². The maximum atomic E-state index is 12.7. The number of methoxy groups -OCH3 is 2. The topological polar surface area (TPSA) is 415 Å². The van der Waals surface area contributed by atoms with E-state index in [2.05, 4.69) is 74.4 Å². The molecule has 0 unspecified atom stereocenters. The third-order valence-electron chi connectivity index (χ3n) is 20.6. The molecule has 8 heterocycles. The number of Topliss-reactive ketones (excluding diaryl/α,β-unsaturated/α-hetero) is 8. The molecular weight excluding hydrogens is 1700 g/mol. The molecule has 126 heavy (non-hydrogen) atoms. The molecule has 0 bridgehead atoms. The van der Waals surface area contributed by atoms with Gasteiger partial charge in [0.2, 0.25) is 0 Å². The van der Waals surface area contributed by atoms with E-state index in [9.17, 15) is 58.2 Å². The number of aliphatic imine (C=N–C) groups is 4. The summed E-state index contributed by atoms with van der Waals surface area (Å²) in [6.45, 7) is 29.9. The largest absolute Gasteiger partial charge is 1.00 e. The van der Waals surface area contributed by atoms with Crippen LogP contribution in [-0.4, -0.2) is 226 Å². The van der Waals surface area contributed by atoms with Crippen molar-refractivity contribution in [3.63, 3.8) is 0 Å². The minimum atomic E-state index is -0.872. The Morgan fingerprint density at radius 3 is 0.905 bits per heavy atom. The molecular formula is C91H128BrN12NaO21. The van der Waals surface area contributed by atoms with E-state index in [1.54, 1.807) is 103 Å². The third-order valence-corrected chi connectivity index (χ3v) is 20.9. The van der Waals surface area contributed by atoms with Gasteiger partial charge in [0.15, 0.2) is 94.1 Å². The molecule has 6 aromatic rings. The molecule has 0 spiro atoms. The van der Waals surface area contributed by atoms with Gasteiger partial charge >= 0.3 is 41.5 Å². The zero-order valence-electron chi connectivity index (χ0n) is 77.4. The summed E-state index contributed by atoms with van der Waals surface area (Å²) >= 11 is 3.18. The van der Waals surface area contributed by atoms with Crippen LogP contribution >= 0.6 is 15.9 Å². The Labute approximate surface area is 770 Å². The smallest absolute Gasteiger partial charge is 1.00 e. The monoisotopic (exact) mass is 1830 g/mol. The second-order valence-electron chi connectivity index (χ2n) is 31.4. The number of ether oxygens (including phenoxy) is 9. The Morgan fingerprint density at radius 1 is 0.389 bits per heavy atom. The molecule has 2 N–H and O–H groups in total. The number of aliphatic hydroxyl groups excluding tert-OH is 2. The summed E-state index contributed by atoms with van der Waals surface area (Å²) in [5.74, 6) is -0.673. The molecule has 0 fully saturated rings. The predicted molar refractivity (Wildman–Crippen MR) is 476 cm³/mol. The van der Waals surface area contributed by atoms with Gasteiger partial charge in [0, 0.05) is 91.8 Å². The molecule has 686 valence electrons. The number of nitrogens with zero attached hydrogens (tertiary/aromatic N) is 12. The number of alkyl halides is 1. The number of aromatic nitrogens is 8. The quantitative estimate of drug-likeness (QED) is 0.0155. The summed E-state index contributed by atoms with van der Waals surface area (Å²) in [6, 6.07) is 17.3. The van der Waals surface area contributed by atoms with Gasteiger partial charge in [-0.1, -0.05) is 156 Å². The van der Waals surface area contributed by atoms with E-state index in [0.29, 0.717) is 76.8 Å². The predicted octanol–water partition coefficient (Wildman–Crippen LogP) is 12.5. The first-order valence-corrected chi connectivity index (χ1v) is 44.2. The summed E-state index contributed by atoms with van der Waals surface area (Å²) in [5, 5.41) is 20.3. The van der Waals surface area contributed by atoms with Gasteiger partial charge in [-0.25, -0.2) is 49.5 Å². The molecule has 10 rings (SSSR count). The minimum Gasteiger partial charge on any atom is -1.00 e. The average molecular weight is 1830 g/mol. The van der Waals surface area contributed by atoms with Crippen LogP contribution in [-0.2, 0) is 61.8 Å². The van der Waals surface area contributed by atoms with Crippen molar-refractivity contribution < 1.29 is 132 Å². The van der Waals surface area contributed by atoms with Gasteiger partial charge in [0.25, 0.3) is 0 Å². The zero-order valence-corrected chi connectivity index (χ0v) is 80.0. The first-order valence-electron chi connectivity index (χ1n) is 43.1. The third kappa shape index (κ3) is 32.5. The molecule has 0 aliphatic carbocycles. The molecule has 2 aromatic carbocycles. The molecule has 4 aliphatic rings. The Morgan fingerprint density at radius 2 is 0.659 bits per heavy atom. The summed E-state index contributed by atoms with van der Waals surface area (Å²) in [7, 11) is 3.30. The molecule has 4 aliphatic heterocycles. The number of rotatable bonds is 46. The number of fused-ring (bicyclic) bond motifs is 4. The normalized spacial score (nSPS) is 14.5. The van der Waals surface area contributed by atoms with Crippen molar-refractivity contribution in [2.24, 2.45) is 43.6 Å². The van der Waals surface area contributed by atoms with E-state index >= 15 is 0 Å². The Kier molecular flexibility index (Phi) is 47.9. The van der Waals surface area contributed by atoms with Gasteiger partial charge in [-0.3, -0.25) is 56.6 Å². The van der Waals surface area contributed by atoms with E-state index in [4.69, 9.17) is 37.9 Å². The molecule has 0 saturated heterocycles. The van der Waals surface area contributed by atoms with Crippen LogP contribution in [0.5, 0.6) is 0 Å². The molecule has 33 nitrogen and oxygen atoms in total. The van der Waals surface area contributed by atoms with Crippen molar-refractivity contribution in [1.82, 2.24) is 38.2 Å². The summed E-state index contributed by atoms with van der Waals surface area (Å²) in [4.78, 5) is 159. The second-order valence-corrected chi connectivity index (χ2v) is 32.1. The van der Waals surface area contributed by atoms with Crippen LogP contribution in [0.3, 0.4) is 0 Å². The molecule has 0 saturated carbocycles. The fourth-order valence-electron chi connectivity index (χ4n) is 12.7. The Balaban J connectivity index is 0.000000348. The van der Waals surface area contributed by atoms with Gasteiger partial charge in [0.1, 0.15) is 36.3 Å². The number of hydrogen-bond donors (Lipinski definition) is 2. The van der Waals surface area contributed by atoms with Gasteiger partial charge in [-0.2, -0.15) is 0 Å². The first-order chi connectivity index (χ1) is 59.9. The maximum Gasteiger partial charge on any atom is 1.00 e. The number of ketones is 8. The van der Waals surface area contributed by atoms with E-state index in [-0.39, 0.29) is 227 Å². The van der Waals surface area contributed by atoms with Crippen molar-refractivity contribution in [3.05, 3.63) is 120 Å². The number of benzene rings is 2. The molecule has 5 atom stereocenters. The van der Waals surface area contributed by atoms with Crippen molar-refractivity contribution in [2.75, 3.05) is 72.4 Å². The average Bonchev–Trinajstić information content (AvgIpc) is 1.34. The number of halogens is 1. The van der Waals surface area contributed by atoms with Crippen molar-refractivity contribution >= 4 is 120 Å². The zero-order chi connectivity index (χ0) is 92.0. The van der Waals surface area contributed by atoms with E-state index < -0.39 is 43.0 Å². The molecule has 4 aromatic heterocycles. The number of aliphatic hydroxyl groups is 2. The minimum absolute atomic E-state index is 0. The fraction of sp³-hybridized carbons (Fsp3) is 0.582. The standard InChI is InChI=1S/C25H31N3O5.C24H29N3O6.C21H33N3O5.C18H27N3O4.C3H7BrO.Na.H/c1-5-19(6-2)33-22(14-32-25(31)17-10-8-7-9-11-17)28-15-26-23-21(30)13-18(27-24(23)28)12-20(29)16(3)4;1-4-18(12-28)33-21(13-32-24(31)16-8-6-5-7-9-16)27-14-25-22-20(30)11-17(26-23(22)27)10-19(29)15(2)3;1-6-16(7-2)29-19(12-28-9-8-27-5)24-13-22-20-18(26)11-15(23-21(20)24)10-17(25)14(3)4;1-5-13(6-2)25-16(9-22)21-10-19-17-15(24)8-12(20-18(17)21)7-14(23)11(3)4;1-5-3-2-4;;/h7-11,15-16,19,22H,5-6,12-14H2,1-4H3;5-9,14-15,18,21,28H,4,10-13H2,1-3H3;13-14,16,19H,6-12H2,1-5H3;10-11,13,16,22H,5-9H2,1-4H3;2-3H2,1H3;;/q;;;;;+1;-1/t22-;18-,21-;19-;16-;;;/m1111.../s1. The number of imidazole rings is 4. The Hall–Kier alpha value is -8.62. The maximum absolute atomic E-state index is 12.7.